The van der Waals surface area contributed by atoms with Crippen LogP contribution in [-0.2, 0) is 0 Å². The number of anilines is 1. The Morgan fingerprint density at radius 3 is 2.25 bits per heavy atom. The Morgan fingerprint density at radius 1 is 0.944 bits per heavy atom. The van der Waals surface area contributed by atoms with Crippen LogP contribution in [-0.4, -0.2) is 78.0 Å². The van der Waals surface area contributed by atoms with Crippen molar-refractivity contribution >= 4 is 22.8 Å². The van der Waals surface area contributed by atoms with E-state index >= 15 is 0 Å². The third-order valence-corrected chi connectivity index (χ3v) is 7.16. The topological polar surface area (TPSA) is 68.4 Å². The van der Waals surface area contributed by atoms with Crippen LogP contribution in [0, 0.1) is 20.8 Å². The van der Waals surface area contributed by atoms with E-state index in [2.05, 4.69) is 52.8 Å². The fourth-order valence-corrected chi connectivity index (χ4v) is 5.20. The van der Waals surface area contributed by atoms with E-state index in [1.165, 1.54) is 16.8 Å². The maximum Gasteiger partial charge on any atom is 0.253 e. The zero-order chi connectivity index (χ0) is 25.6. The standard InChI is InChI=1S/C29H34N6O/c1-18-13-21(7-8-23(18)29(36)33(4)5)24-16-30-28-26(24)32-25(17-31-28)22-14-19(2)27(20(3)15-22)35-11-9-34(6)10-12-35/h7-8,13-17H,9-12H2,1-6H3,(H,30,31). The Hall–Kier alpha value is -3.71. The van der Waals surface area contributed by atoms with Crippen molar-refractivity contribution in [3.8, 4) is 22.4 Å². The molecule has 3 heterocycles. The second kappa shape index (κ2) is 9.39. The molecule has 0 spiro atoms. The summed E-state index contributed by atoms with van der Waals surface area (Å²) in [5.74, 6) is 0.00538. The van der Waals surface area contributed by atoms with Crippen LogP contribution in [0.15, 0.2) is 42.7 Å². The average molecular weight is 483 g/mol. The van der Waals surface area contributed by atoms with Gasteiger partial charge in [0.05, 0.1) is 11.9 Å². The first-order chi connectivity index (χ1) is 17.2. The van der Waals surface area contributed by atoms with E-state index in [9.17, 15) is 4.79 Å². The number of fused-ring (bicyclic) bond motifs is 1. The summed E-state index contributed by atoms with van der Waals surface area (Å²) >= 11 is 0. The number of amides is 1. The highest BCUT2D eigenvalue weighted by atomic mass is 16.2. The molecular formula is C29H34N6O. The van der Waals surface area contributed by atoms with Crippen LogP contribution in [0.1, 0.15) is 27.0 Å². The molecule has 1 aliphatic rings. The number of aryl methyl sites for hydroxylation is 3. The minimum absolute atomic E-state index is 0.00538. The van der Waals surface area contributed by atoms with Crippen LogP contribution >= 0.6 is 0 Å². The fourth-order valence-electron chi connectivity index (χ4n) is 5.20. The average Bonchev–Trinajstić information content (AvgIpc) is 3.27. The molecule has 1 saturated heterocycles. The number of carbonyl (C=O) groups excluding carboxylic acids is 1. The van der Waals surface area contributed by atoms with Crippen LogP contribution in [0.25, 0.3) is 33.5 Å². The van der Waals surface area contributed by atoms with Crippen molar-refractivity contribution in [2.75, 3.05) is 52.2 Å². The molecule has 0 saturated carbocycles. The molecule has 1 amide bonds. The lowest BCUT2D eigenvalue weighted by molar-refractivity contribution is 0.0827. The van der Waals surface area contributed by atoms with Crippen LogP contribution in [0.4, 0.5) is 5.69 Å². The number of likely N-dealkylation sites (N-methyl/N-ethyl adjacent to an activating group) is 1. The van der Waals surface area contributed by atoms with Gasteiger partial charge in [-0.3, -0.25) is 4.79 Å². The van der Waals surface area contributed by atoms with E-state index in [4.69, 9.17) is 4.98 Å². The summed E-state index contributed by atoms with van der Waals surface area (Å²) in [4.78, 5) is 31.9. The smallest absolute Gasteiger partial charge is 0.253 e. The molecule has 0 radical (unpaired) electrons. The number of hydrogen-bond donors (Lipinski definition) is 1. The molecule has 0 unspecified atom stereocenters. The lowest BCUT2D eigenvalue weighted by Crippen LogP contribution is -2.45. The number of benzene rings is 2. The Bertz CT molecular complexity index is 1420. The predicted octanol–water partition coefficient (Wildman–Crippen LogP) is 4.67. The van der Waals surface area contributed by atoms with Crippen LogP contribution in [0.3, 0.4) is 0 Å². The minimum atomic E-state index is 0.00538. The van der Waals surface area contributed by atoms with Gasteiger partial charge in [-0.2, -0.15) is 0 Å². The largest absolute Gasteiger partial charge is 0.369 e. The van der Waals surface area contributed by atoms with Gasteiger partial charge in [0.15, 0.2) is 5.65 Å². The number of carbonyl (C=O) groups is 1. The second-order valence-corrected chi connectivity index (χ2v) is 10.1. The summed E-state index contributed by atoms with van der Waals surface area (Å²) in [5, 5.41) is 0. The molecule has 7 nitrogen and oxygen atoms in total. The van der Waals surface area contributed by atoms with Crippen molar-refractivity contribution in [1.82, 2.24) is 24.8 Å². The van der Waals surface area contributed by atoms with Crippen LogP contribution in [0.5, 0.6) is 0 Å². The number of rotatable bonds is 4. The molecule has 0 atom stereocenters. The summed E-state index contributed by atoms with van der Waals surface area (Å²) in [6.07, 6.45) is 3.79. The Kier molecular flexibility index (Phi) is 6.26. The first-order valence-electron chi connectivity index (χ1n) is 12.4. The fraction of sp³-hybridized carbons (Fsp3) is 0.345. The molecule has 1 fully saturated rings. The summed E-state index contributed by atoms with van der Waals surface area (Å²) in [5.41, 5.74) is 11.0. The third-order valence-electron chi connectivity index (χ3n) is 7.16. The SMILES string of the molecule is Cc1cc(-c2c[nH]c3ncc(-c4cc(C)c(N5CCN(C)CC5)c(C)c4)nc23)ccc1C(=O)N(C)C. The molecule has 186 valence electrons. The maximum atomic E-state index is 12.5. The highest BCUT2D eigenvalue weighted by Gasteiger charge is 2.20. The van der Waals surface area contributed by atoms with Crippen molar-refractivity contribution in [3.63, 3.8) is 0 Å². The zero-order valence-corrected chi connectivity index (χ0v) is 22.0. The molecule has 0 aliphatic carbocycles. The summed E-state index contributed by atoms with van der Waals surface area (Å²) in [6, 6.07) is 10.4. The maximum absolute atomic E-state index is 12.5. The molecule has 1 N–H and O–H groups in total. The number of H-pyrrole nitrogens is 1. The van der Waals surface area contributed by atoms with Gasteiger partial charge in [-0.1, -0.05) is 12.1 Å². The van der Waals surface area contributed by atoms with Gasteiger partial charge in [0, 0.05) is 68.8 Å². The number of piperazine rings is 1. The minimum Gasteiger partial charge on any atom is -0.369 e. The Labute approximate surface area is 212 Å². The van der Waals surface area contributed by atoms with Gasteiger partial charge in [0.2, 0.25) is 0 Å². The van der Waals surface area contributed by atoms with E-state index in [1.54, 1.807) is 19.0 Å². The lowest BCUT2D eigenvalue weighted by atomic mass is 9.99. The highest BCUT2D eigenvalue weighted by molar-refractivity contribution is 5.97. The number of nitrogens with one attached hydrogen (secondary N) is 1. The van der Waals surface area contributed by atoms with Gasteiger partial charge in [0.25, 0.3) is 5.91 Å². The van der Waals surface area contributed by atoms with E-state index in [0.29, 0.717) is 5.56 Å². The van der Waals surface area contributed by atoms with Crippen molar-refractivity contribution in [2.45, 2.75) is 20.8 Å². The third kappa shape index (κ3) is 4.35. The van der Waals surface area contributed by atoms with Crippen molar-refractivity contribution in [1.29, 1.82) is 0 Å². The predicted molar refractivity (Wildman–Crippen MR) is 147 cm³/mol. The van der Waals surface area contributed by atoms with E-state index in [0.717, 1.165) is 65.3 Å². The van der Waals surface area contributed by atoms with Gasteiger partial charge in [-0.25, -0.2) is 9.97 Å². The van der Waals surface area contributed by atoms with Gasteiger partial charge in [0.1, 0.15) is 5.52 Å². The normalized spacial score (nSPS) is 14.4. The number of nitrogens with zero attached hydrogens (tertiary/aromatic N) is 5. The zero-order valence-electron chi connectivity index (χ0n) is 22.0. The number of aromatic amines is 1. The number of aromatic nitrogens is 3. The molecule has 2 aromatic carbocycles. The Morgan fingerprint density at radius 2 is 1.61 bits per heavy atom. The molecule has 5 rings (SSSR count). The van der Waals surface area contributed by atoms with Crippen molar-refractivity contribution in [3.05, 3.63) is 65.0 Å². The molecular weight excluding hydrogens is 448 g/mol. The molecule has 0 bridgehead atoms. The van der Waals surface area contributed by atoms with Crippen LogP contribution < -0.4 is 4.90 Å². The first kappa shape index (κ1) is 24.0. The Balaban J connectivity index is 1.51. The summed E-state index contributed by atoms with van der Waals surface area (Å²) < 4.78 is 0. The van der Waals surface area contributed by atoms with Gasteiger partial charge in [-0.15, -0.1) is 0 Å². The quantitative estimate of drug-likeness (QED) is 0.458. The second-order valence-electron chi connectivity index (χ2n) is 10.1. The van der Waals surface area contributed by atoms with Crippen LogP contribution in [0.2, 0.25) is 0 Å². The monoisotopic (exact) mass is 482 g/mol. The van der Waals surface area contributed by atoms with Crippen molar-refractivity contribution in [2.24, 2.45) is 0 Å². The first-order valence-corrected chi connectivity index (χ1v) is 12.4. The number of hydrogen-bond acceptors (Lipinski definition) is 5. The molecule has 2 aromatic heterocycles. The lowest BCUT2D eigenvalue weighted by Gasteiger charge is -2.36. The summed E-state index contributed by atoms with van der Waals surface area (Å²) in [6.45, 7) is 10.6. The van der Waals surface area contributed by atoms with Gasteiger partial charge >= 0.3 is 0 Å². The molecule has 4 aromatic rings. The van der Waals surface area contributed by atoms with Gasteiger partial charge < -0.3 is 19.7 Å². The van der Waals surface area contributed by atoms with E-state index < -0.39 is 0 Å². The van der Waals surface area contributed by atoms with Crippen molar-refractivity contribution < 1.29 is 4.79 Å². The summed E-state index contributed by atoms with van der Waals surface area (Å²) in [7, 11) is 5.73. The van der Waals surface area contributed by atoms with Gasteiger partial charge in [-0.05, 0) is 68.3 Å². The molecule has 36 heavy (non-hydrogen) atoms. The van der Waals surface area contributed by atoms with E-state index in [1.807, 2.05) is 37.5 Å². The van der Waals surface area contributed by atoms with E-state index in [-0.39, 0.29) is 5.91 Å². The highest BCUT2D eigenvalue weighted by Crippen LogP contribution is 2.33. The molecule has 1 aliphatic heterocycles. The molecule has 7 heteroatoms.